The molecule has 0 saturated heterocycles. The highest BCUT2D eigenvalue weighted by Gasteiger charge is 2.46. The third kappa shape index (κ3) is 6.11. The van der Waals surface area contributed by atoms with Gasteiger partial charge in [0.05, 0.1) is 33.3 Å². The molecule has 0 amide bonds. The summed E-state index contributed by atoms with van der Waals surface area (Å²) in [5.74, 6) is 0.986. The number of halogens is 3. The van der Waals surface area contributed by atoms with Crippen LogP contribution in [0.5, 0.6) is 5.75 Å². The molecule has 7 nitrogen and oxygen atoms in total. The Labute approximate surface area is 259 Å². The van der Waals surface area contributed by atoms with Crippen LogP contribution in [0, 0.1) is 5.92 Å². The molecule has 220 valence electrons. The molecule has 2 aliphatic carbocycles. The van der Waals surface area contributed by atoms with E-state index < -0.39 is 11.6 Å². The van der Waals surface area contributed by atoms with Gasteiger partial charge in [-0.15, -0.1) is 0 Å². The van der Waals surface area contributed by atoms with Crippen LogP contribution >= 0.6 is 34.8 Å². The molecule has 42 heavy (non-hydrogen) atoms. The number of methoxy groups -OCH3 is 1. The highest BCUT2D eigenvalue weighted by atomic mass is 35.5. The van der Waals surface area contributed by atoms with Gasteiger partial charge in [-0.1, -0.05) is 58.7 Å². The van der Waals surface area contributed by atoms with Gasteiger partial charge in [-0.25, -0.2) is 4.79 Å². The molecule has 3 aromatic rings. The van der Waals surface area contributed by atoms with Crippen LogP contribution in [0.15, 0.2) is 76.6 Å². The molecule has 1 heterocycles. The van der Waals surface area contributed by atoms with Crippen molar-refractivity contribution < 1.29 is 29.0 Å². The van der Waals surface area contributed by atoms with Gasteiger partial charge in [0.25, 0.3) is 0 Å². The molecule has 2 N–H and O–H groups in total. The van der Waals surface area contributed by atoms with Gasteiger partial charge in [-0.2, -0.15) is 0 Å². The number of hydrogen-bond acceptors (Lipinski definition) is 6. The van der Waals surface area contributed by atoms with E-state index in [9.17, 15) is 9.90 Å². The molecular weight excluding hydrogens is 601 g/mol. The van der Waals surface area contributed by atoms with E-state index in [-0.39, 0.29) is 18.1 Å². The Balaban J connectivity index is 1.29. The van der Waals surface area contributed by atoms with Gasteiger partial charge in [0.2, 0.25) is 0 Å². The van der Waals surface area contributed by atoms with Crippen LogP contribution in [0.3, 0.4) is 0 Å². The fourth-order valence-corrected chi connectivity index (χ4v) is 6.09. The van der Waals surface area contributed by atoms with Crippen LogP contribution in [0.4, 0.5) is 0 Å². The number of carbonyl (C=O) groups is 1. The normalized spacial score (nSPS) is 20.7. The van der Waals surface area contributed by atoms with E-state index in [4.69, 9.17) is 53.9 Å². The first-order chi connectivity index (χ1) is 20.0. The number of hydrogen-bond donors (Lipinski definition) is 2. The van der Waals surface area contributed by atoms with Crippen LogP contribution in [0.25, 0.3) is 11.3 Å². The third-order valence-electron chi connectivity index (χ3n) is 7.81. The van der Waals surface area contributed by atoms with E-state index in [1.54, 1.807) is 42.5 Å². The van der Waals surface area contributed by atoms with Gasteiger partial charge in [0.15, 0.2) is 0 Å². The van der Waals surface area contributed by atoms with E-state index in [0.717, 1.165) is 24.2 Å². The Morgan fingerprint density at radius 2 is 1.83 bits per heavy atom. The summed E-state index contributed by atoms with van der Waals surface area (Å²) in [7, 11) is 1.50. The second kappa shape index (κ2) is 12.2. The SMILES string of the molecule is C=C(/C(=C\C=C(/C)C(=O)O)OC)[C@H]1C[C@](O)(c2ccc(OCc3c(-c4c(Cl)cccc4Cl)noc3C3CC3)cc2Cl)C1. The van der Waals surface area contributed by atoms with Crippen molar-refractivity contribution in [3.05, 3.63) is 104 Å². The Bertz CT molecular complexity index is 1580. The van der Waals surface area contributed by atoms with Crippen molar-refractivity contribution in [2.45, 2.75) is 50.7 Å². The zero-order chi connectivity index (χ0) is 30.2. The minimum Gasteiger partial charge on any atom is -0.496 e. The summed E-state index contributed by atoms with van der Waals surface area (Å²) in [6.45, 7) is 5.79. The lowest BCUT2D eigenvalue weighted by molar-refractivity contribution is -0.132. The van der Waals surface area contributed by atoms with E-state index in [1.807, 2.05) is 0 Å². The summed E-state index contributed by atoms with van der Waals surface area (Å²) >= 11 is 19.6. The van der Waals surface area contributed by atoms with Crippen molar-refractivity contribution in [3.63, 3.8) is 0 Å². The van der Waals surface area contributed by atoms with Crippen LogP contribution in [0.1, 0.15) is 55.4 Å². The average Bonchev–Trinajstić information content (AvgIpc) is 3.70. The van der Waals surface area contributed by atoms with E-state index in [0.29, 0.717) is 67.7 Å². The van der Waals surface area contributed by atoms with Crippen LogP contribution < -0.4 is 4.74 Å². The predicted molar refractivity (Wildman–Crippen MR) is 162 cm³/mol. The Morgan fingerprint density at radius 1 is 1.14 bits per heavy atom. The molecule has 10 heteroatoms. The number of carboxylic acid groups (broad SMARTS) is 1. The molecule has 2 saturated carbocycles. The topological polar surface area (TPSA) is 102 Å². The van der Waals surface area contributed by atoms with Gasteiger partial charge in [-0.3, -0.25) is 0 Å². The van der Waals surface area contributed by atoms with Gasteiger partial charge >= 0.3 is 5.97 Å². The Kier molecular flexibility index (Phi) is 8.76. The van der Waals surface area contributed by atoms with Gasteiger partial charge in [0, 0.05) is 22.6 Å². The first-order valence-electron chi connectivity index (χ1n) is 13.5. The number of rotatable bonds is 11. The number of carboxylic acids is 1. The lowest BCUT2D eigenvalue weighted by Crippen LogP contribution is -2.42. The molecule has 0 unspecified atom stereocenters. The van der Waals surface area contributed by atoms with E-state index in [2.05, 4.69) is 11.7 Å². The molecule has 2 aliphatic rings. The first-order valence-corrected chi connectivity index (χ1v) is 14.6. The van der Waals surface area contributed by atoms with Crippen LogP contribution in [0.2, 0.25) is 15.1 Å². The van der Waals surface area contributed by atoms with Crippen LogP contribution in [-0.2, 0) is 21.7 Å². The largest absolute Gasteiger partial charge is 0.496 e. The average molecular weight is 631 g/mol. The summed E-state index contributed by atoms with van der Waals surface area (Å²) in [6.07, 6.45) is 5.86. The maximum absolute atomic E-state index is 11.4. The van der Waals surface area contributed by atoms with Crippen molar-refractivity contribution in [2.75, 3.05) is 7.11 Å². The highest BCUT2D eigenvalue weighted by Crippen LogP contribution is 2.52. The first kappa shape index (κ1) is 30.2. The maximum Gasteiger partial charge on any atom is 0.331 e. The van der Waals surface area contributed by atoms with E-state index >= 15 is 0 Å². The number of allylic oxidation sites excluding steroid dienone is 3. The monoisotopic (exact) mass is 629 g/mol. The molecule has 0 atom stereocenters. The maximum atomic E-state index is 11.4. The number of aliphatic hydroxyl groups is 1. The predicted octanol–water partition coefficient (Wildman–Crippen LogP) is 8.47. The second-order valence-corrected chi connectivity index (χ2v) is 11.9. The molecular formula is C32H30Cl3NO6. The highest BCUT2D eigenvalue weighted by molar-refractivity contribution is 6.39. The smallest absolute Gasteiger partial charge is 0.331 e. The van der Waals surface area contributed by atoms with Gasteiger partial charge < -0.3 is 24.2 Å². The standard InChI is InChI=1S/C32H30Cl3NO6/c1-17(31(37)38)7-12-27(40-3)18(2)20-14-32(39,15-20)23-11-10-21(13-26(23)35)41-16-22-29(36-42-30(22)19-8-9-19)28-24(33)5-4-6-25(28)34/h4-7,10-13,19-20,39H,2,8-9,14-16H2,1,3H3,(H,37,38)/b17-7+,27-12+/t20-,32+. The summed E-state index contributed by atoms with van der Waals surface area (Å²) in [4.78, 5) is 11.1. The zero-order valence-corrected chi connectivity index (χ0v) is 25.4. The molecule has 0 spiro atoms. The minimum atomic E-state index is -1.14. The van der Waals surface area contributed by atoms with Crippen molar-refractivity contribution in [2.24, 2.45) is 5.92 Å². The zero-order valence-electron chi connectivity index (χ0n) is 23.1. The number of ether oxygens (including phenoxy) is 2. The quantitative estimate of drug-likeness (QED) is 0.124. The Morgan fingerprint density at radius 3 is 2.43 bits per heavy atom. The second-order valence-electron chi connectivity index (χ2n) is 10.7. The molecule has 2 fully saturated rings. The van der Waals surface area contributed by atoms with Crippen molar-refractivity contribution in [1.82, 2.24) is 5.16 Å². The summed E-state index contributed by atoms with van der Waals surface area (Å²) in [6, 6.07) is 10.5. The van der Waals surface area contributed by atoms with Crippen molar-refractivity contribution in [3.8, 4) is 17.0 Å². The lowest BCUT2D eigenvalue weighted by atomic mass is 9.64. The fraction of sp³-hybridized carbons (Fsp3) is 0.312. The van der Waals surface area contributed by atoms with E-state index in [1.165, 1.54) is 20.1 Å². The summed E-state index contributed by atoms with van der Waals surface area (Å²) in [5, 5.41) is 26.1. The summed E-state index contributed by atoms with van der Waals surface area (Å²) in [5.41, 5.74) is 2.26. The molecule has 5 rings (SSSR count). The summed E-state index contributed by atoms with van der Waals surface area (Å²) < 4.78 is 17.3. The van der Waals surface area contributed by atoms with Gasteiger partial charge in [0.1, 0.15) is 29.6 Å². The van der Waals surface area contributed by atoms with Gasteiger partial charge in [-0.05, 0) is 80.5 Å². The Hall–Kier alpha value is -3.23. The lowest BCUT2D eigenvalue weighted by Gasteiger charge is -2.45. The fourth-order valence-electron chi connectivity index (χ4n) is 5.17. The molecule has 2 aromatic carbocycles. The third-order valence-corrected chi connectivity index (χ3v) is 8.75. The van der Waals surface area contributed by atoms with Crippen molar-refractivity contribution in [1.29, 1.82) is 0 Å². The molecule has 1 aromatic heterocycles. The molecule has 0 bridgehead atoms. The minimum absolute atomic E-state index is 0.0591. The number of aromatic nitrogens is 1. The number of aliphatic carboxylic acids is 1. The van der Waals surface area contributed by atoms with Crippen LogP contribution in [-0.4, -0.2) is 28.4 Å². The number of benzene rings is 2. The molecule has 0 radical (unpaired) electrons. The van der Waals surface area contributed by atoms with Crippen molar-refractivity contribution >= 4 is 40.8 Å². The number of nitrogens with zero attached hydrogens (tertiary/aromatic N) is 1. The molecule has 0 aliphatic heterocycles.